The highest BCUT2D eigenvalue weighted by Crippen LogP contribution is 2.37. The minimum atomic E-state index is 0.685. The standard InChI is InChI=1S/C12H11O3/c1-13-9-5-3-6-10(14-2)12(9)11-7-4-8-15-11/h4-8H,1-2H3. The minimum absolute atomic E-state index is 0.685. The predicted octanol–water partition coefficient (Wildman–Crippen LogP) is 2.76. The number of methoxy groups -OCH3 is 2. The van der Waals surface area contributed by atoms with Gasteiger partial charge in [-0.1, -0.05) is 0 Å². The molecule has 1 radical (unpaired) electrons. The molecule has 0 N–H and O–H groups in total. The number of furan rings is 1. The van der Waals surface area contributed by atoms with Crippen molar-refractivity contribution < 1.29 is 13.9 Å². The van der Waals surface area contributed by atoms with Crippen molar-refractivity contribution in [1.29, 1.82) is 0 Å². The molecule has 77 valence electrons. The van der Waals surface area contributed by atoms with Crippen molar-refractivity contribution >= 4 is 0 Å². The summed E-state index contributed by atoms with van der Waals surface area (Å²) in [7, 11) is 3.21. The Bertz CT molecular complexity index is 410. The van der Waals surface area contributed by atoms with Crippen molar-refractivity contribution in [1.82, 2.24) is 0 Å². The van der Waals surface area contributed by atoms with Gasteiger partial charge in [0.1, 0.15) is 22.8 Å². The molecule has 1 aromatic carbocycles. The summed E-state index contributed by atoms with van der Waals surface area (Å²) < 4.78 is 15.8. The molecule has 0 aliphatic heterocycles. The molecule has 2 rings (SSSR count). The monoisotopic (exact) mass is 203 g/mol. The molecule has 0 amide bonds. The third-order valence-corrected chi connectivity index (χ3v) is 2.13. The molecule has 1 heterocycles. The molecule has 0 fully saturated rings. The van der Waals surface area contributed by atoms with Gasteiger partial charge < -0.3 is 13.9 Å². The summed E-state index contributed by atoms with van der Waals surface area (Å²) in [4.78, 5) is 0. The molecule has 0 aliphatic carbocycles. The fourth-order valence-electron chi connectivity index (χ4n) is 1.44. The first-order valence-corrected chi connectivity index (χ1v) is 4.52. The number of rotatable bonds is 3. The van der Waals surface area contributed by atoms with Crippen LogP contribution in [0.5, 0.6) is 11.5 Å². The van der Waals surface area contributed by atoms with Gasteiger partial charge in [-0.2, -0.15) is 0 Å². The summed E-state index contributed by atoms with van der Waals surface area (Å²) in [6.07, 6.45) is 1.62. The lowest BCUT2D eigenvalue weighted by Gasteiger charge is -2.10. The van der Waals surface area contributed by atoms with Crippen molar-refractivity contribution in [3.8, 4) is 22.8 Å². The van der Waals surface area contributed by atoms with Crippen molar-refractivity contribution in [2.45, 2.75) is 0 Å². The van der Waals surface area contributed by atoms with Gasteiger partial charge in [-0.15, -0.1) is 0 Å². The lowest BCUT2D eigenvalue weighted by Crippen LogP contribution is -1.91. The predicted molar refractivity (Wildman–Crippen MR) is 56.1 cm³/mol. The Morgan fingerprint density at radius 1 is 1.13 bits per heavy atom. The van der Waals surface area contributed by atoms with E-state index in [0.717, 1.165) is 11.3 Å². The Hall–Kier alpha value is -1.90. The molecule has 2 aromatic rings. The van der Waals surface area contributed by atoms with Gasteiger partial charge in [-0.3, -0.25) is 0 Å². The summed E-state index contributed by atoms with van der Waals surface area (Å²) in [6, 6.07) is 10.1. The maximum absolute atomic E-state index is 5.33. The van der Waals surface area contributed by atoms with Crippen LogP contribution < -0.4 is 9.47 Å². The molecule has 3 nitrogen and oxygen atoms in total. The van der Waals surface area contributed by atoms with Crippen LogP contribution in [0.15, 0.2) is 34.9 Å². The molecule has 3 heteroatoms. The van der Waals surface area contributed by atoms with Crippen molar-refractivity contribution in [3.05, 3.63) is 36.6 Å². The smallest absolute Gasteiger partial charge is 0.141 e. The van der Waals surface area contributed by atoms with E-state index in [1.807, 2.05) is 12.1 Å². The van der Waals surface area contributed by atoms with Crippen LogP contribution in [0.2, 0.25) is 0 Å². The summed E-state index contributed by atoms with van der Waals surface area (Å²) in [5.41, 5.74) is 0.809. The Balaban J connectivity index is 2.61. The largest absolute Gasteiger partial charge is 0.496 e. The summed E-state index contributed by atoms with van der Waals surface area (Å²) >= 11 is 0. The molecule has 0 saturated heterocycles. The van der Waals surface area contributed by atoms with Gasteiger partial charge in [0, 0.05) is 0 Å². The van der Waals surface area contributed by atoms with E-state index in [4.69, 9.17) is 13.9 Å². The second kappa shape index (κ2) is 4.09. The van der Waals surface area contributed by atoms with Crippen LogP contribution in [0.25, 0.3) is 11.3 Å². The average molecular weight is 203 g/mol. The van der Waals surface area contributed by atoms with Crippen LogP contribution in [0.4, 0.5) is 0 Å². The molecule has 0 unspecified atom stereocenters. The van der Waals surface area contributed by atoms with Crippen LogP contribution >= 0.6 is 0 Å². The first-order chi connectivity index (χ1) is 7.36. The average Bonchev–Trinajstić information content (AvgIpc) is 2.81. The Morgan fingerprint density at radius 3 is 2.27 bits per heavy atom. The molecular weight excluding hydrogens is 192 g/mol. The Labute approximate surface area is 88.2 Å². The molecule has 0 spiro atoms. The molecule has 0 bridgehead atoms. The first-order valence-electron chi connectivity index (χ1n) is 4.52. The maximum Gasteiger partial charge on any atom is 0.141 e. The molecular formula is C12H11O3. The van der Waals surface area contributed by atoms with Crippen LogP contribution in [0.1, 0.15) is 0 Å². The SMILES string of the molecule is COc1c[c]cc(OC)c1-c1ccco1. The van der Waals surface area contributed by atoms with E-state index in [1.54, 1.807) is 32.6 Å². The van der Waals surface area contributed by atoms with Crippen LogP contribution in [-0.4, -0.2) is 14.2 Å². The summed E-state index contributed by atoms with van der Waals surface area (Å²) in [5, 5.41) is 0. The van der Waals surface area contributed by atoms with Crippen molar-refractivity contribution in [3.63, 3.8) is 0 Å². The van der Waals surface area contributed by atoms with E-state index in [-0.39, 0.29) is 0 Å². The third kappa shape index (κ3) is 1.68. The zero-order valence-electron chi connectivity index (χ0n) is 8.61. The fourth-order valence-corrected chi connectivity index (χ4v) is 1.44. The van der Waals surface area contributed by atoms with Crippen LogP contribution in [0.3, 0.4) is 0 Å². The molecule has 0 atom stereocenters. The highest BCUT2D eigenvalue weighted by atomic mass is 16.5. The van der Waals surface area contributed by atoms with Gasteiger partial charge in [0.15, 0.2) is 0 Å². The van der Waals surface area contributed by atoms with Crippen molar-refractivity contribution in [2.24, 2.45) is 0 Å². The quantitative estimate of drug-likeness (QED) is 0.768. The highest BCUT2D eigenvalue weighted by molar-refractivity contribution is 5.72. The Morgan fingerprint density at radius 2 is 1.80 bits per heavy atom. The highest BCUT2D eigenvalue weighted by Gasteiger charge is 2.14. The van der Waals surface area contributed by atoms with Crippen LogP contribution in [-0.2, 0) is 0 Å². The normalized spacial score (nSPS) is 10.0. The minimum Gasteiger partial charge on any atom is -0.496 e. The van der Waals surface area contributed by atoms with E-state index < -0.39 is 0 Å². The second-order valence-corrected chi connectivity index (χ2v) is 2.94. The van der Waals surface area contributed by atoms with Crippen LogP contribution in [0, 0.1) is 6.07 Å². The first kappa shape index (κ1) is 9.65. The summed E-state index contributed by atoms with van der Waals surface area (Å²) in [5.74, 6) is 2.09. The lowest BCUT2D eigenvalue weighted by molar-refractivity contribution is 0.394. The molecule has 1 aromatic heterocycles. The fraction of sp³-hybridized carbons (Fsp3) is 0.167. The molecule has 0 saturated carbocycles. The van der Waals surface area contributed by atoms with Crippen molar-refractivity contribution in [2.75, 3.05) is 14.2 Å². The van der Waals surface area contributed by atoms with E-state index >= 15 is 0 Å². The van der Waals surface area contributed by atoms with Gasteiger partial charge in [0.25, 0.3) is 0 Å². The lowest BCUT2D eigenvalue weighted by atomic mass is 10.1. The zero-order chi connectivity index (χ0) is 10.7. The number of hydrogen-bond acceptors (Lipinski definition) is 3. The number of hydrogen-bond donors (Lipinski definition) is 0. The van der Waals surface area contributed by atoms with Gasteiger partial charge >= 0.3 is 0 Å². The second-order valence-electron chi connectivity index (χ2n) is 2.94. The van der Waals surface area contributed by atoms with Gasteiger partial charge in [-0.05, 0) is 30.3 Å². The third-order valence-electron chi connectivity index (χ3n) is 2.13. The van der Waals surface area contributed by atoms with Gasteiger partial charge in [0.05, 0.1) is 20.5 Å². The zero-order valence-corrected chi connectivity index (χ0v) is 8.61. The van der Waals surface area contributed by atoms with Gasteiger partial charge in [-0.25, -0.2) is 0 Å². The van der Waals surface area contributed by atoms with E-state index in [0.29, 0.717) is 11.5 Å². The number of ether oxygens (including phenoxy) is 2. The summed E-state index contributed by atoms with van der Waals surface area (Å²) in [6.45, 7) is 0. The topological polar surface area (TPSA) is 31.6 Å². The number of benzene rings is 1. The molecule has 0 aliphatic rings. The van der Waals surface area contributed by atoms with Gasteiger partial charge in [0.2, 0.25) is 0 Å². The molecule has 15 heavy (non-hydrogen) atoms. The Kier molecular flexibility index (Phi) is 2.63. The van der Waals surface area contributed by atoms with E-state index in [1.165, 1.54) is 0 Å². The van der Waals surface area contributed by atoms with E-state index in [2.05, 4.69) is 6.07 Å². The van der Waals surface area contributed by atoms with E-state index in [9.17, 15) is 0 Å². The maximum atomic E-state index is 5.33.